The summed E-state index contributed by atoms with van der Waals surface area (Å²) in [5.41, 5.74) is 21.8. The Kier molecular flexibility index (Phi) is 9.39. The van der Waals surface area contributed by atoms with E-state index in [9.17, 15) is 0 Å². The van der Waals surface area contributed by atoms with E-state index >= 15 is 0 Å². The molecule has 326 valence electrons. The summed E-state index contributed by atoms with van der Waals surface area (Å²) in [6.45, 7) is 36.8. The van der Waals surface area contributed by atoms with Gasteiger partial charge in [-0.05, 0) is 152 Å². The SMILES string of the molecule is CC1=CC2=C3B(c4cc5c(cc4N(c4ccc(C(C)(C)C)cc4)C3C1)C(C)(C)CCC5(C)C)c1sc3c(c1N2c1ccc(C(C)(C)C)cc1-c1ccccc1)C(C)(C)CCC3(C)C. The molecule has 0 amide bonds. The van der Waals surface area contributed by atoms with Gasteiger partial charge in [0.2, 0.25) is 0 Å². The largest absolute Gasteiger partial charge is 0.335 e. The van der Waals surface area contributed by atoms with Gasteiger partial charge < -0.3 is 9.80 Å². The molecule has 0 saturated carbocycles. The summed E-state index contributed by atoms with van der Waals surface area (Å²) in [4.78, 5) is 7.20. The first kappa shape index (κ1) is 42.7. The maximum Gasteiger partial charge on any atom is 0.259 e. The van der Waals surface area contributed by atoms with E-state index in [0.29, 0.717) is 0 Å². The molecule has 3 heterocycles. The van der Waals surface area contributed by atoms with Crippen molar-refractivity contribution in [3.63, 3.8) is 0 Å². The lowest BCUT2D eigenvalue weighted by Crippen LogP contribution is -2.61. The highest BCUT2D eigenvalue weighted by atomic mass is 32.1. The fourth-order valence-electron chi connectivity index (χ4n) is 12.1. The number of fused-ring (bicyclic) bond motifs is 7. The summed E-state index contributed by atoms with van der Waals surface area (Å²) in [6.07, 6.45) is 8.40. The van der Waals surface area contributed by atoms with Crippen LogP contribution in [0.3, 0.4) is 0 Å². The van der Waals surface area contributed by atoms with Crippen molar-refractivity contribution < 1.29 is 0 Å². The fourth-order valence-corrected chi connectivity index (χ4v) is 13.8. The molecule has 1 aromatic heterocycles. The second-order valence-electron chi connectivity index (χ2n) is 24.8. The molecule has 5 aliphatic rings. The van der Waals surface area contributed by atoms with Crippen molar-refractivity contribution in [3.8, 4) is 11.1 Å². The first-order valence-electron chi connectivity index (χ1n) is 24.1. The maximum atomic E-state index is 2.81. The summed E-state index contributed by atoms with van der Waals surface area (Å²) in [5, 5.41) is 0. The predicted octanol–water partition coefficient (Wildman–Crippen LogP) is 15.1. The van der Waals surface area contributed by atoms with E-state index in [-0.39, 0.29) is 45.2 Å². The molecule has 3 aliphatic carbocycles. The zero-order chi connectivity index (χ0) is 45.0. The molecule has 63 heavy (non-hydrogen) atoms. The van der Waals surface area contributed by atoms with E-state index in [2.05, 4.69) is 216 Å². The Hall–Kier alpha value is -4.28. The highest BCUT2D eigenvalue weighted by molar-refractivity contribution is 7.28. The lowest BCUT2D eigenvalue weighted by Gasteiger charge is -2.52. The van der Waals surface area contributed by atoms with Crippen LogP contribution in [-0.4, -0.2) is 12.8 Å². The van der Waals surface area contributed by atoms with E-state index in [1.54, 1.807) is 31.8 Å². The third kappa shape index (κ3) is 6.61. The lowest BCUT2D eigenvalue weighted by molar-refractivity contribution is 0.332. The second kappa shape index (κ2) is 13.9. The maximum absolute atomic E-state index is 2.81. The molecule has 2 nitrogen and oxygen atoms in total. The van der Waals surface area contributed by atoms with Gasteiger partial charge in [0.1, 0.15) is 0 Å². The minimum absolute atomic E-state index is 0.0136. The third-order valence-corrected chi connectivity index (χ3v) is 17.9. The van der Waals surface area contributed by atoms with Crippen LogP contribution < -0.4 is 20.0 Å². The monoisotopic (exact) mass is 851 g/mol. The molecule has 0 bridgehead atoms. The molecule has 1 atom stereocenters. The van der Waals surface area contributed by atoms with Crippen LogP contribution in [0.25, 0.3) is 11.1 Å². The summed E-state index contributed by atoms with van der Waals surface area (Å²) in [7, 11) is 0. The Morgan fingerprint density at radius 2 is 1.22 bits per heavy atom. The van der Waals surface area contributed by atoms with Gasteiger partial charge in [0.25, 0.3) is 6.71 Å². The average molecular weight is 851 g/mol. The summed E-state index contributed by atoms with van der Waals surface area (Å²) < 4.78 is 1.55. The summed E-state index contributed by atoms with van der Waals surface area (Å²) in [6, 6.07) is 33.9. The second-order valence-corrected chi connectivity index (χ2v) is 25.9. The van der Waals surface area contributed by atoms with Crippen molar-refractivity contribution in [2.24, 2.45) is 0 Å². The molecule has 10 rings (SSSR count). The smallest absolute Gasteiger partial charge is 0.259 e. The number of hydrogen-bond donors (Lipinski definition) is 0. The van der Waals surface area contributed by atoms with Crippen molar-refractivity contribution in [3.05, 3.63) is 140 Å². The Morgan fingerprint density at radius 3 is 1.86 bits per heavy atom. The highest BCUT2D eigenvalue weighted by Gasteiger charge is 2.54. The summed E-state index contributed by atoms with van der Waals surface area (Å²) in [5.74, 6) is 0. The normalized spacial score (nSPS) is 21.5. The number of allylic oxidation sites excluding steroid dienone is 1. The Morgan fingerprint density at radius 1 is 0.635 bits per heavy atom. The number of rotatable bonds is 3. The van der Waals surface area contributed by atoms with Crippen molar-refractivity contribution in [1.29, 1.82) is 0 Å². The minimum Gasteiger partial charge on any atom is -0.335 e. The lowest BCUT2D eigenvalue weighted by atomic mass is 9.33. The van der Waals surface area contributed by atoms with Gasteiger partial charge in [-0.25, -0.2) is 0 Å². The van der Waals surface area contributed by atoms with Crippen LogP contribution in [0.15, 0.2) is 108 Å². The highest BCUT2D eigenvalue weighted by Crippen LogP contribution is 2.58. The molecule has 1 unspecified atom stereocenters. The molecule has 5 aromatic rings. The van der Waals surface area contributed by atoms with Gasteiger partial charge in [-0.15, -0.1) is 0 Å². The van der Waals surface area contributed by atoms with Crippen LogP contribution in [0.5, 0.6) is 0 Å². The molecule has 2 aliphatic heterocycles. The van der Waals surface area contributed by atoms with E-state index in [0.717, 1.165) is 6.42 Å². The summed E-state index contributed by atoms with van der Waals surface area (Å²) >= 11 is 2.17. The standard InChI is InChI=1S/C59H71BN2S/c1-36-31-47-50-48(32-36)62(45-26-23-39(55(5,6)7)33-41(45)37-19-17-16-18-20-37)51-49-52(59(14,15)30-29-58(49,12)13)63-53(51)60(50)44-34-42-43(57(10,11)28-27-56(42,8)9)35-46(44)61(47)40-24-21-38(22-25-40)54(2,3)4/h16-26,32-35,47H,27-31H2,1-15H3. The zero-order valence-electron chi connectivity index (χ0n) is 41.2. The molecular formula is C59H71BN2S. The molecule has 0 radical (unpaired) electrons. The Labute approximate surface area is 385 Å². The first-order valence-corrected chi connectivity index (χ1v) is 24.9. The van der Waals surface area contributed by atoms with Crippen LogP contribution in [-0.2, 0) is 32.5 Å². The van der Waals surface area contributed by atoms with Crippen molar-refractivity contribution in [2.75, 3.05) is 9.80 Å². The van der Waals surface area contributed by atoms with Crippen LogP contribution in [0.2, 0.25) is 0 Å². The predicted molar refractivity (Wildman–Crippen MR) is 276 cm³/mol. The van der Waals surface area contributed by atoms with Crippen LogP contribution in [0.4, 0.5) is 22.7 Å². The average Bonchev–Trinajstić information content (AvgIpc) is 3.64. The molecule has 0 spiro atoms. The molecule has 0 saturated heterocycles. The number of nitrogens with zero attached hydrogens (tertiary/aromatic N) is 2. The molecule has 4 heteroatoms. The zero-order valence-corrected chi connectivity index (χ0v) is 42.0. The molecule has 4 aromatic carbocycles. The first-order chi connectivity index (χ1) is 29.4. The van der Waals surface area contributed by atoms with Gasteiger partial charge in [0, 0.05) is 32.3 Å². The van der Waals surface area contributed by atoms with Gasteiger partial charge in [-0.3, -0.25) is 0 Å². The molecular weight excluding hydrogens is 780 g/mol. The van der Waals surface area contributed by atoms with Crippen LogP contribution in [0, 0.1) is 0 Å². The van der Waals surface area contributed by atoms with Crippen molar-refractivity contribution >= 4 is 51.0 Å². The fraction of sp³-hybridized carbons (Fsp3) is 0.458. The number of anilines is 4. The van der Waals surface area contributed by atoms with Gasteiger partial charge in [0.15, 0.2) is 0 Å². The van der Waals surface area contributed by atoms with Gasteiger partial charge in [0.05, 0.1) is 17.4 Å². The molecule has 0 fully saturated rings. The van der Waals surface area contributed by atoms with Crippen molar-refractivity contribution in [2.45, 2.75) is 174 Å². The van der Waals surface area contributed by atoms with Gasteiger partial charge in [-0.2, -0.15) is 11.3 Å². The Balaban J connectivity index is 1.35. The van der Waals surface area contributed by atoms with Crippen LogP contribution >= 0.6 is 11.3 Å². The van der Waals surface area contributed by atoms with Crippen LogP contribution in [0.1, 0.15) is 169 Å². The third-order valence-electron chi connectivity index (χ3n) is 16.2. The van der Waals surface area contributed by atoms with Gasteiger partial charge >= 0.3 is 0 Å². The van der Waals surface area contributed by atoms with E-state index in [1.807, 2.05) is 0 Å². The quantitative estimate of drug-likeness (QED) is 0.167. The number of thiophene rings is 1. The van der Waals surface area contributed by atoms with E-state index in [1.165, 1.54) is 87.4 Å². The number of hydrogen-bond acceptors (Lipinski definition) is 3. The Bertz CT molecular complexity index is 2740. The van der Waals surface area contributed by atoms with Crippen molar-refractivity contribution in [1.82, 2.24) is 0 Å². The van der Waals surface area contributed by atoms with Gasteiger partial charge in [-0.1, -0.05) is 157 Å². The number of benzene rings is 4. The minimum atomic E-state index is 0.0136. The van der Waals surface area contributed by atoms with E-state index in [4.69, 9.17) is 0 Å². The molecule has 0 N–H and O–H groups in total. The topological polar surface area (TPSA) is 6.48 Å². The van der Waals surface area contributed by atoms with E-state index < -0.39 is 0 Å².